The zero-order valence-corrected chi connectivity index (χ0v) is 20.8. The maximum atomic E-state index is 15.4. The number of fused-ring (bicyclic) bond motifs is 2. The Morgan fingerprint density at radius 1 is 1.31 bits per heavy atom. The van der Waals surface area contributed by atoms with Crippen LogP contribution in [0.5, 0.6) is 0 Å². The highest BCUT2D eigenvalue weighted by Crippen LogP contribution is 2.44. The number of rotatable bonds is 4. The first-order valence-corrected chi connectivity index (χ1v) is 12.3. The zero-order chi connectivity index (χ0) is 25.5. The number of benzene rings is 1. The summed E-state index contributed by atoms with van der Waals surface area (Å²) in [7, 11) is 1.60. The molecule has 6 rings (SSSR count). The number of imidazole rings is 1. The molecular formula is C24H26ClFN6O4. The van der Waals surface area contributed by atoms with Gasteiger partial charge < -0.3 is 29.7 Å². The van der Waals surface area contributed by atoms with Crippen molar-refractivity contribution in [3.05, 3.63) is 28.9 Å². The normalized spacial score (nSPS) is 25.6. The van der Waals surface area contributed by atoms with E-state index in [0.717, 1.165) is 12.8 Å². The lowest BCUT2D eigenvalue weighted by molar-refractivity contribution is -0.119. The third-order valence-corrected chi connectivity index (χ3v) is 7.54. The van der Waals surface area contributed by atoms with Crippen LogP contribution in [0.25, 0.3) is 22.3 Å². The molecule has 3 aliphatic rings. The van der Waals surface area contributed by atoms with Crippen molar-refractivity contribution in [1.29, 1.82) is 0 Å². The molecule has 3 aromatic rings. The second-order valence-electron chi connectivity index (χ2n) is 10.2. The highest BCUT2D eigenvalue weighted by atomic mass is 35.5. The van der Waals surface area contributed by atoms with Crippen molar-refractivity contribution >= 4 is 40.2 Å². The van der Waals surface area contributed by atoms with Crippen LogP contribution in [0.2, 0.25) is 5.02 Å². The summed E-state index contributed by atoms with van der Waals surface area (Å²) in [5.74, 6) is -0.473. The van der Waals surface area contributed by atoms with Gasteiger partial charge in [0.05, 0.1) is 46.4 Å². The molecule has 3 N–H and O–H groups in total. The van der Waals surface area contributed by atoms with E-state index in [4.69, 9.17) is 16.3 Å². The molecule has 2 saturated heterocycles. The Morgan fingerprint density at radius 2 is 2.08 bits per heavy atom. The number of aromatic nitrogens is 4. The monoisotopic (exact) mass is 516 g/mol. The van der Waals surface area contributed by atoms with Crippen LogP contribution in [0.4, 0.5) is 16.0 Å². The van der Waals surface area contributed by atoms with Crippen LogP contribution in [0.1, 0.15) is 38.9 Å². The lowest BCUT2D eigenvalue weighted by Gasteiger charge is -2.34. The Kier molecular flexibility index (Phi) is 5.28. The molecule has 10 nitrogen and oxygen atoms in total. The second-order valence-corrected chi connectivity index (χ2v) is 10.6. The molecule has 2 bridgehead atoms. The predicted octanol–water partition coefficient (Wildman–Crippen LogP) is 2.58. The second kappa shape index (κ2) is 8.07. The summed E-state index contributed by atoms with van der Waals surface area (Å²) in [6.07, 6.45) is 2.87. The Hall–Kier alpha value is -2.86. The van der Waals surface area contributed by atoms with Crippen molar-refractivity contribution in [2.75, 3.05) is 17.3 Å². The molecule has 0 spiro atoms. The molecule has 1 aromatic carbocycles. The largest absolute Gasteiger partial charge is 0.388 e. The van der Waals surface area contributed by atoms with Crippen molar-refractivity contribution in [3.63, 3.8) is 0 Å². The number of likely N-dealkylation sites (N-methyl/N-ethyl adjacent to an activating group) is 1. The molecule has 12 heteroatoms. The SMILES string of the molecule is CN1C(=O)Cn2c(C(C)(C)O)nc3c(F)cc(-c4nc(N[C@@H]5C[C@H]6CC[C@H](O6)[C@H]5O)ncc4Cl)c1c32. The first-order chi connectivity index (χ1) is 17.0. The van der Waals surface area contributed by atoms with Gasteiger partial charge in [0.2, 0.25) is 11.9 Å². The summed E-state index contributed by atoms with van der Waals surface area (Å²) in [6, 6.07) is 0.947. The molecule has 36 heavy (non-hydrogen) atoms. The van der Waals surface area contributed by atoms with Crippen molar-refractivity contribution in [1.82, 2.24) is 19.5 Å². The maximum absolute atomic E-state index is 15.4. The fourth-order valence-electron chi connectivity index (χ4n) is 5.53. The van der Waals surface area contributed by atoms with Crippen LogP contribution >= 0.6 is 11.6 Å². The molecule has 4 atom stereocenters. The number of carbonyl (C=O) groups is 1. The Balaban J connectivity index is 1.49. The smallest absolute Gasteiger partial charge is 0.246 e. The van der Waals surface area contributed by atoms with Crippen LogP contribution in [-0.2, 0) is 21.7 Å². The van der Waals surface area contributed by atoms with E-state index in [9.17, 15) is 15.0 Å². The van der Waals surface area contributed by atoms with Crippen molar-refractivity contribution in [2.45, 2.75) is 69.6 Å². The first kappa shape index (κ1) is 23.5. The number of aliphatic hydroxyl groups excluding tert-OH is 1. The fraction of sp³-hybridized carbons (Fsp3) is 0.500. The summed E-state index contributed by atoms with van der Waals surface area (Å²) in [5.41, 5.74) is -0.0523. The number of halogens is 2. The predicted molar refractivity (Wildman–Crippen MR) is 130 cm³/mol. The summed E-state index contributed by atoms with van der Waals surface area (Å²) in [5, 5.41) is 24.7. The molecule has 5 heterocycles. The molecule has 2 fully saturated rings. The van der Waals surface area contributed by atoms with E-state index < -0.39 is 17.5 Å². The number of nitrogens with one attached hydrogen (secondary N) is 1. The van der Waals surface area contributed by atoms with Crippen LogP contribution in [0, 0.1) is 5.82 Å². The van der Waals surface area contributed by atoms with Gasteiger partial charge in [0.15, 0.2) is 5.82 Å². The molecule has 3 aliphatic heterocycles. The van der Waals surface area contributed by atoms with Gasteiger partial charge in [0, 0.05) is 12.6 Å². The van der Waals surface area contributed by atoms with Gasteiger partial charge in [-0.05, 0) is 39.2 Å². The highest BCUT2D eigenvalue weighted by Gasteiger charge is 2.42. The molecular weight excluding hydrogens is 491 g/mol. The van der Waals surface area contributed by atoms with E-state index in [2.05, 4.69) is 20.3 Å². The number of anilines is 2. The molecule has 1 amide bonds. The number of aliphatic hydroxyl groups is 2. The lowest BCUT2D eigenvalue weighted by Crippen LogP contribution is -2.47. The van der Waals surface area contributed by atoms with Crippen LogP contribution < -0.4 is 10.2 Å². The summed E-state index contributed by atoms with van der Waals surface area (Å²) in [4.78, 5) is 27.6. The third kappa shape index (κ3) is 3.56. The Bertz CT molecular complexity index is 1410. The summed E-state index contributed by atoms with van der Waals surface area (Å²) >= 11 is 6.50. The minimum atomic E-state index is -1.40. The van der Waals surface area contributed by atoms with Gasteiger partial charge in [-0.1, -0.05) is 11.6 Å². The van der Waals surface area contributed by atoms with Crippen LogP contribution in [0.3, 0.4) is 0 Å². The molecule has 190 valence electrons. The number of hydrogen-bond donors (Lipinski definition) is 3. The van der Waals surface area contributed by atoms with Crippen LogP contribution in [0.15, 0.2) is 12.3 Å². The number of nitrogens with zero attached hydrogens (tertiary/aromatic N) is 5. The van der Waals surface area contributed by atoms with Crippen molar-refractivity contribution in [2.24, 2.45) is 0 Å². The maximum Gasteiger partial charge on any atom is 0.246 e. The number of carbonyl (C=O) groups excluding carboxylic acids is 1. The quantitative estimate of drug-likeness (QED) is 0.483. The van der Waals surface area contributed by atoms with Gasteiger partial charge in [-0.2, -0.15) is 0 Å². The van der Waals surface area contributed by atoms with Gasteiger partial charge in [0.25, 0.3) is 0 Å². The lowest BCUT2D eigenvalue weighted by atomic mass is 10.0. The van der Waals surface area contributed by atoms with Gasteiger partial charge >= 0.3 is 0 Å². The Labute approximate surface area is 211 Å². The molecule has 0 unspecified atom stereocenters. The van der Waals surface area contributed by atoms with E-state index >= 15 is 4.39 Å². The average Bonchev–Trinajstić information content (AvgIpc) is 3.40. The first-order valence-electron chi connectivity index (χ1n) is 11.9. The summed E-state index contributed by atoms with van der Waals surface area (Å²) < 4.78 is 22.7. The zero-order valence-electron chi connectivity index (χ0n) is 20.0. The van der Waals surface area contributed by atoms with E-state index in [0.29, 0.717) is 23.2 Å². The fourth-order valence-corrected chi connectivity index (χ4v) is 5.73. The molecule has 2 aromatic heterocycles. The van der Waals surface area contributed by atoms with E-state index in [1.54, 1.807) is 11.6 Å². The van der Waals surface area contributed by atoms with Gasteiger partial charge in [-0.15, -0.1) is 0 Å². The molecule has 0 saturated carbocycles. The van der Waals surface area contributed by atoms with Gasteiger partial charge in [-0.25, -0.2) is 19.3 Å². The Morgan fingerprint density at radius 3 is 2.83 bits per heavy atom. The van der Waals surface area contributed by atoms with Crippen LogP contribution in [-0.4, -0.2) is 67.0 Å². The number of hydrogen-bond acceptors (Lipinski definition) is 8. The highest BCUT2D eigenvalue weighted by molar-refractivity contribution is 6.33. The van der Waals surface area contributed by atoms with Gasteiger partial charge in [0.1, 0.15) is 29.6 Å². The topological polar surface area (TPSA) is 126 Å². The average molecular weight is 517 g/mol. The number of amides is 1. The van der Waals surface area contributed by atoms with E-state index in [1.807, 2.05) is 0 Å². The summed E-state index contributed by atoms with van der Waals surface area (Å²) in [6.45, 7) is 2.99. The van der Waals surface area contributed by atoms with Crippen molar-refractivity contribution in [3.8, 4) is 11.3 Å². The standard InChI is InChI=1S/C24H26ClFN6O4/c1-24(2,35)22-29-18-13(26)7-11(19-20(18)32(22)9-16(33)31(19)3)17-12(25)8-27-23(30-17)28-14-6-10-4-5-15(36-10)21(14)34/h7-8,10,14-15,21,34-35H,4-6,9H2,1-3H3,(H,27,28,30)/t10-,14-,15+,21+/m1/s1. The minimum absolute atomic E-state index is 0.0505. The van der Waals surface area contributed by atoms with E-state index in [-0.39, 0.29) is 58.7 Å². The number of ether oxygens (including phenoxy) is 1. The van der Waals surface area contributed by atoms with Gasteiger partial charge in [-0.3, -0.25) is 4.79 Å². The molecule has 0 radical (unpaired) electrons. The van der Waals surface area contributed by atoms with Crippen molar-refractivity contribution < 1.29 is 24.1 Å². The minimum Gasteiger partial charge on any atom is -0.388 e. The third-order valence-electron chi connectivity index (χ3n) is 7.26. The van der Waals surface area contributed by atoms with E-state index in [1.165, 1.54) is 31.0 Å². The molecule has 0 aliphatic carbocycles.